The predicted molar refractivity (Wildman–Crippen MR) is 81.5 cm³/mol. The number of hydrogen-bond acceptors (Lipinski definition) is 9. The van der Waals surface area contributed by atoms with Gasteiger partial charge in [0.1, 0.15) is 0 Å². The second kappa shape index (κ2) is 6.20. The van der Waals surface area contributed by atoms with E-state index in [1.54, 1.807) is 14.0 Å². The highest BCUT2D eigenvalue weighted by Gasteiger charge is 2.22. The van der Waals surface area contributed by atoms with Gasteiger partial charge in [-0.2, -0.15) is 9.78 Å². The summed E-state index contributed by atoms with van der Waals surface area (Å²) in [6.45, 7) is 1.56. The van der Waals surface area contributed by atoms with Crippen LogP contribution >= 0.6 is 11.6 Å². The van der Waals surface area contributed by atoms with Crippen molar-refractivity contribution in [2.24, 2.45) is 7.05 Å². The maximum absolute atomic E-state index is 12.2. The number of halogens is 1. The number of hydrazine groups is 1. The fourth-order valence-corrected chi connectivity index (χ4v) is 2.19. The molecule has 0 aromatic carbocycles. The number of nitrogen functional groups attached to an aromatic ring is 1. The zero-order chi connectivity index (χ0) is 18.1. The Balaban J connectivity index is 1.72. The van der Waals surface area contributed by atoms with Crippen LogP contribution in [0.4, 0.5) is 5.82 Å². The van der Waals surface area contributed by atoms with E-state index in [-0.39, 0.29) is 28.0 Å². The van der Waals surface area contributed by atoms with Crippen molar-refractivity contribution in [1.82, 2.24) is 45.9 Å². The number of nitrogens with two attached hydrogens (primary N) is 1. The van der Waals surface area contributed by atoms with Gasteiger partial charge in [0.25, 0.3) is 11.8 Å². The smallest absolute Gasteiger partial charge is 0.292 e. The fourth-order valence-electron chi connectivity index (χ4n) is 1.92. The van der Waals surface area contributed by atoms with Gasteiger partial charge in [-0.3, -0.25) is 25.1 Å². The van der Waals surface area contributed by atoms with E-state index in [1.165, 1.54) is 15.6 Å². The summed E-state index contributed by atoms with van der Waals surface area (Å²) in [4.78, 5) is 24.1. The summed E-state index contributed by atoms with van der Waals surface area (Å²) in [5.74, 6) is -1.32. The number of hydrogen-bond donors (Lipinski definition) is 3. The van der Waals surface area contributed by atoms with Crippen LogP contribution in [-0.2, 0) is 7.05 Å². The van der Waals surface area contributed by atoms with Crippen molar-refractivity contribution < 1.29 is 14.2 Å². The van der Waals surface area contributed by atoms with Gasteiger partial charge in [-0.25, -0.2) is 4.63 Å². The Morgan fingerprint density at radius 1 is 1.24 bits per heavy atom. The molecule has 0 bridgehead atoms. The van der Waals surface area contributed by atoms with E-state index in [4.69, 9.17) is 17.3 Å². The number of nitrogens with zero attached hydrogens (tertiary/aromatic N) is 7. The van der Waals surface area contributed by atoms with Crippen LogP contribution in [-0.4, -0.2) is 46.9 Å². The Bertz CT molecular complexity index is 957. The first-order valence-corrected chi connectivity index (χ1v) is 7.06. The number of amides is 2. The number of aryl methyl sites for hydroxylation is 1. The predicted octanol–water partition coefficient (Wildman–Crippen LogP) is -0.997. The summed E-state index contributed by atoms with van der Waals surface area (Å²) < 4.78 is 7.02. The van der Waals surface area contributed by atoms with Gasteiger partial charge in [0, 0.05) is 13.2 Å². The third kappa shape index (κ3) is 2.99. The average molecular weight is 367 g/mol. The van der Waals surface area contributed by atoms with Gasteiger partial charge >= 0.3 is 0 Å². The Morgan fingerprint density at radius 2 is 1.92 bits per heavy atom. The van der Waals surface area contributed by atoms with Crippen molar-refractivity contribution in [2.75, 3.05) is 5.73 Å². The summed E-state index contributed by atoms with van der Waals surface area (Å²) in [7, 11) is 1.60. The molecule has 0 unspecified atom stereocenters. The maximum Gasteiger partial charge on any atom is 0.292 e. The lowest BCUT2D eigenvalue weighted by atomic mass is 10.3. The van der Waals surface area contributed by atoms with Gasteiger partial charge in [0.05, 0.1) is 10.7 Å². The molecule has 3 aromatic rings. The fraction of sp³-hybridized carbons (Fsp3) is 0.182. The highest BCUT2D eigenvalue weighted by Crippen LogP contribution is 2.15. The molecule has 3 heterocycles. The van der Waals surface area contributed by atoms with Crippen LogP contribution in [0.2, 0.25) is 5.02 Å². The van der Waals surface area contributed by atoms with Crippen molar-refractivity contribution >= 4 is 29.2 Å². The van der Waals surface area contributed by atoms with Crippen LogP contribution < -0.4 is 16.6 Å². The van der Waals surface area contributed by atoms with Crippen LogP contribution in [0.25, 0.3) is 5.82 Å². The SMILES string of the molecule is Cc1c(C(=O)NNC(=O)c2nn(C)cc2Cl)nnn1-c1nonc1N. The normalized spacial score (nSPS) is 10.7. The summed E-state index contributed by atoms with van der Waals surface area (Å²) in [6.07, 6.45) is 1.45. The number of anilines is 1. The second-order valence-corrected chi connectivity index (χ2v) is 5.22. The summed E-state index contributed by atoms with van der Waals surface area (Å²) in [5.41, 5.74) is 10.2. The summed E-state index contributed by atoms with van der Waals surface area (Å²) in [6, 6.07) is 0. The highest BCUT2D eigenvalue weighted by molar-refractivity contribution is 6.33. The van der Waals surface area contributed by atoms with Crippen LogP contribution in [0.15, 0.2) is 10.8 Å². The molecule has 13 nitrogen and oxygen atoms in total. The Morgan fingerprint density at radius 3 is 2.48 bits per heavy atom. The molecule has 25 heavy (non-hydrogen) atoms. The van der Waals surface area contributed by atoms with Gasteiger partial charge in [-0.15, -0.1) is 5.10 Å². The topological polar surface area (TPSA) is 172 Å². The molecule has 2 amide bonds. The molecule has 0 atom stereocenters. The van der Waals surface area contributed by atoms with Crippen molar-refractivity contribution in [3.8, 4) is 5.82 Å². The average Bonchev–Trinajstić information content (AvgIpc) is 3.23. The molecule has 0 radical (unpaired) electrons. The lowest BCUT2D eigenvalue weighted by Gasteiger charge is -2.05. The van der Waals surface area contributed by atoms with Crippen molar-refractivity contribution in [1.29, 1.82) is 0 Å². The van der Waals surface area contributed by atoms with Crippen LogP contribution in [0.1, 0.15) is 26.7 Å². The molecule has 130 valence electrons. The minimum Gasteiger partial charge on any atom is -0.378 e. The van der Waals surface area contributed by atoms with Crippen molar-refractivity contribution in [2.45, 2.75) is 6.92 Å². The lowest BCUT2D eigenvalue weighted by Crippen LogP contribution is -2.42. The second-order valence-electron chi connectivity index (χ2n) is 4.82. The molecule has 0 spiro atoms. The molecule has 0 saturated heterocycles. The minimum atomic E-state index is -0.709. The quantitative estimate of drug-likeness (QED) is 0.491. The Hall–Kier alpha value is -3.48. The Labute approximate surface area is 144 Å². The van der Waals surface area contributed by atoms with Crippen molar-refractivity contribution in [3.05, 3.63) is 28.3 Å². The number of nitrogens with one attached hydrogen (secondary N) is 2. The molecule has 0 aliphatic heterocycles. The maximum atomic E-state index is 12.2. The van der Waals surface area contributed by atoms with Crippen molar-refractivity contribution in [3.63, 3.8) is 0 Å². The van der Waals surface area contributed by atoms with Crippen LogP contribution in [0.5, 0.6) is 0 Å². The van der Waals surface area contributed by atoms with Crippen LogP contribution in [0.3, 0.4) is 0 Å². The standard InChI is InChI=1S/C11H11ClN10O3/c1-4-6(14-20-22(4)9-8(13)18-25-19-9)10(23)15-16-11(24)7-5(12)3-21(2)17-7/h3H,1-2H3,(H2,13,18)(H,15,23)(H,16,24). The number of aromatic nitrogens is 7. The van der Waals surface area contributed by atoms with Gasteiger partial charge < -0.3 is 5.73 Å². The Kier molecular flexibility index (Phi) is 4.06. The molecule has 14 heteroatoms. The number of carbonyl (C=O) groups excluding carboxylic acids is 2. The van der Waals surface area contributed by atoms with E-state index in [0.717, 1.165) is 0 Å². The summed E-state index contributed by atoms with van der Waals surface area (Å²) >= 11 is 5.86. The van der Waals surface area contributed by atoms with Gasteiger partial charge in [0.2, 0.25) is 11.6 Å². The van der Waals surface area contributed by atoms with Gasteiger partial charge in [-0.05, 0) is 17.2 Å². The molecule has 4 N–H and O–H groups in total. The third-order valence-corrected chi connectivity index (χ3v) is 3.37. The van der Waals surface area contributed by atoms with Gasteiger partial charge in [0.15, 0.2) is 11.4 Å². The summed E-state index contributed by atoms with van der Waals surface area (Å²) in [5, 5.41) is 18.5. The molecule has 3 aromatic heterocycles. The molecular weight excluding hydrogens is 356 g/mol. The van der Waals surface area contributed by atoms with E-state index in [2.05, 4.69) is 41.2 Å². The first-order chi connectivity index (χ1) is 11.9. The lowest BCUT2D eigenvalue weighted by molar-refractivity contribution is 0.0840. The first-order valence-electron chi connectivity index (χ1n) is 6.69. The van der Waals surface area contributed by atoms with E-state index in [9.17, 15) is 9.59 Å². The monoisotopic (exact) mass is 366 g/mol. The molecule has 0 fully saturated rings. The van der Waals surface area contributed by atoms with E-state index < -0.39 is 11.8 Å². The first kappa shape index (κ1) is 16.4. The largest absolute Gasteiger partial charge is 0.378 e. The van der Waals surface area contributed by atoms with E-state index >= 15 is 0 Å². The zero-order valence-electron chi connectivity index (χ0n) is 12.9. The molecule has 0 saturated carbocycles. The molecule has 0 aliphatic carbocycles. The number of carbonyl (C=O) groups is 2. The highest BCUT2D eigenvalue weighted by atomic mass is 35.5. The van der Waals surface area contributed by atoms with Crippen LogP contribution in [0, 0.1) is 6.92 Å². The third-order valence-electron chi connectivity index (χ3n) is 3.09. The molecule has 3 rings (SSSR count). The van der Waals surface area contributed by atoms with E-state index in [0.29, 0.717) is 5.69 Å². The zero-order valence-corrected chi connectivity index (χ0v) is 13.6. The van der Waals surface area contributed by atoms with Gasteiger partial charge in [-0.1, -0.05) is 16.8 Å². The number of rotatable bonds is 3. The minimum absolute atomic E-state index is 0.0157. The molecule has 0 aliphatic rings. The molecular formula is C11H11ClN10O3. The van der Waals surface area contributed by atoms with E-state index in [1.807, 2.05) is 0 Å².